The Bertz CT molecular complexity index is 992. The van der Waals surface area contributed by atoms with Crippen LogP contribution in [0.1, 0.15) is 18.9 Å². The quantitative estimate of drug-likeness (QED) is 0.650. The summed E-state index contributed by atoms with van der Waals surface area (Å²) in [5.41, 5.74) is 3.21. The van der Waals surface area contributed by atoms with Gasteiger partial charge in [-0.2, -0.15) is 5.10 Å². The van der Waals surface area contributed by atoms with Crippen LogP contribution in [0.3, 0.4) is 0 Å². The monoisotopic (exact) mass is 408 g/mol. The van der Waals surface area contributed by atoms with Crippen molar-refractivity contribution in [2.45, 2.75) is 26.0 Å². The summed E-state index contributed by atoms with van der Waals surface area (Å²) in [5, 5.41) is 8.77. The Morgan fingerprint density at radius 1 is 1.17 bits per heavy atom. The fourth-order valence-corrected chi connectivity index (χ4v) is 3.90. The number of aromatic nitrogens is 2. The summed E-state index contributed by atoms with van der Waals surface area (Å²) < 4.78 is 12.8. The Labute approximate surface area is 176 Å². The molecule has 1 N–H and O–H groups in total. The van der Waals surface area contributed by atoms with Crippen molar-refractivity contribution in [2.75, 3.05) is 43.6 Å². The molecule has 0 radical (unpaired) electrons. The molecule has 7 nitrogen and oxygen atoms in total. The number of fused-ring (bicyclic) bond motifs is 1. The summed E-state index contributed by atoms with van der Waals surface area (Å²) in [6.45, 7) is 5.56. The van der Waals surface area contributed by atoms with Crippen LogP contribution in [-0.4, -0.2) is 55.2 Å². The van der Waals surface area contributed by atoms with Gasteiger partial charge in [-0.3, -0.25) is 9.48 Å². The average Bonchev–Trinajstić information content (AvgIpc) is 3.13. The topological polar surface area (TPSA) is 68.6 Å². The lowest BCUT2D eigenvalue weighted by Crippen LogP contribution is -2.36. The van der Waals surface area contributed by atoms with E-state index in [0.29, 0.717) is 32.0 Å². The molecule has 0 saturated carbocycles. The fraction of sp³-hybridized carbons (Fsp3) is 0.391. The number of anilines is 2. The molecule has 1 amide bonds. The van der Waals surface area contributed by atoms with Crippen LogP contribution in [0.2, 0.25) is 0 Å². The van der Waals surface area contributed by atoms with Crippen molar-refractivity contribution in [3.63, 3.8) is 0 Å². The van der Waals surface area contributed by atoms with Gasteiger partial charge in [0.25, 0.3) is 5.91 Å². The number of amides is 1. The molecule has 2 heterocycles. The number of benzene rings is 2. The minimum Gasteiger partial charge on any atom is -0.378 e. The Kier molecular flexibility index (Phi) is 6.30. The van der Waals surface area contributed by atoms with Crippen LogP contribution in [0.4, 0.5) is 11.5 Å². The first-order valence-electron chi connectivity index (χ1n) is 10.4. The second-order valence-corrected chi connectivity index (χ2v) is 7.38. The lowest BCUT2D eigenvalue weighted by Gasteiger charge is -2.29. The van der Waals surface area contributed by atoms with E-state index in [-0.39, 0.29) is 5.91 Å². The average molecular weight is 409 g/mol. The molecule has 1 atom stereocenters. The molecule has 7 heteroatoms. The van der Waals surface area contributed by atoms with Crippen LogP contribution in [0.5, 0.6) is 0 Å². The van der Waals surface area contributed by atoms with Gasteiger partial charge in [-0.05, 0) is 24.1 Å². The lowest BCUT2D eigenvalue weighted by atomic mass is 10.1. The molecule has 0 aliphatic carbocycles. The van der Waals surface area contributed by atoms with E-state index in [1.54, 1.807) is 7.11 Å². The second kappa shape index (κ2) is 9.28. The van der Waals surface area contributed by atoms with Gasteiger partial charge in [0.1, 0.15) is 6.10 Å². The van der Waals surface area contributed by atoms with Crippen LogP contribution >= 0.6 is 0 Å². The highest BCUT2D eigenvalue weighted by Crippen LogP contribution is 2.34. The smallest absolute Gasteiger partial charge is 0.254 e. The first-order valence-corrected chi connectivity index (χ1v) is 10.4. The van der Waals surface area contributed by atoms with Crippen molar-refractivity contribution in [1.29, 1.82) is 0 Å². The van der Waals surface area contributed by atoms with Crippen molar-refractivity contribution in [2.24, 2.45) is 0 Å². The Morgan fingerprint density at radius 3 is 2.63 bits per heavy atom. The molecule has 1 fully saturated rings. The van der Waals surface area contributed by atoms with Gasteiger partial charge in [0, 0.05) is 20.2 Å². The summed E-state index contributed by atoms with van der Waals surface area (Å²) in [4.78, 5) is 15.0. The SMILES string of the molecule is CC[C@@H](OC)C(=O)Nc1nn(Cc2ccccc2)c2cccc(N3CCOCC3)c12. The second-order valence-electron chi connectivity index (χ2n) is 7.38. The molecule has 158 valence electrons. The maximum Gasteiger partial charge on any atom is 0.254 e. The number of hydrogen-bond acceptors (Lipinski definition) is 5. The van der Waals surface area contributed by atoms with Crippen LogP contribution in [0, 0.1) is 0 Å². The highest BCUT2D eigenvalue weighted by molar-refractivity contribution is 6.07. The molecule has 1 aliphatic heterocycles. The third-order valence-electron chi connectivity index (χ3n) is 5.47. The van der Waals surface area contributed by atoms with Gasteiger partial charge in [0.05, 0.1) is 36.3 Å². The van der Waals surface area contributed by atoms with E-state index >= 15 is 0 Å². The number of hydrogen-bond donors (Lipinski definition) is 1. The van der Waals surface area contributed by atoms with E-state index in [2.05, 4.69) is 34.5 Å². The van der Waals surface area contributed by atoms with Gasteiger partial charge >= 0.3 is 0 Å². The summed E-state index contributed by atoms with van der Waals surface area (Å²) >= 11 is 0. The van der Waals surface area contributed by atoms with Crippen molar-refractivity contribution >= 4 is 28.3 Å². The first kappa shape index (κ1) is 20.4. The zero-order valence-corrected chi connectivity index (χ0v) is 17.5. The summed E-state index contributed by atoms with van der Waals surface area (Å²) in [6.07, 6.45) is 0.0938. The van der Waals surface area contributed by atoms with E-state index in [9.17, 15) is 4.79 Å². The number of rotatable bonds is 7. The van der Waals surface area contributed by atoms with Gasteiger partial charge in [-0.1, -0.05) is 43.3 Å². The van der Waals surface area contributed by atoms with Crippen molar-refractivity contribution in [3.05, 3.63) is 54.1 Å². The molecule has 2 aromatic carbocycles. The molecule has 1 aromatic heterocycles. The maximum absolute atomic E-state index is 12.8. The number of carbonyl (C=O) groups excluding carboxylic acids is 1. The number of carbonyl (C=O) groups is 1. The maximum atomic E-state index is 12.8. The van der Waals surface area contributed by atoms with Gasteiger partial charge in [0.2, 0.25) is 0 Å². The van der Waals surface area contributed by atoms with E-state index in [0.717, 1.165) is 35.2 Å². The Hall–Kier alpha value is -2.90. The number of nitrogens with zero attached hydrogens (tertiary/aromatic N) is 3. The number of methoxy groups -OCH3 is 1. The Morgan fingerprint density at radius 2 is 1.93 bits per heavy atom. The molecule has 1 saturated heterocycles. The van der Waals surface area contributed by atoms with E-state index < -0.39 is 6.10 Å². The molecule has 0 unspecified atom stereocenters. The Balaban J connectivity index is 1.78. The highest BCUT2D eigenvalue weighted by Gasteiger charge is 2.23. The van der Waals surface area contributed by atoms with Gasteiger partial charge in [0.15, 0.2) is 5.82 Å². The van der Waals surface area contributed by atoms with Crippen LogP contribution in [-0.2, 0) is 20.8 Å². The molecule has 1 aliphatic rings. The lowest BCUT2D eigenvalue weighted by molar-refractivity contribution is -0.125. The molecular formula is C23H28N4O3. The van der Waals surface area contributed by atoms with Crippen LogP contribution in [0.25, 0.3) is 10.9 Å². The van der Waals surface area contributed by atoms with E-state index in [1.165, 1.54) is 0 Å². The minimum atomic E-state index is -0.505. The predicted molar refractivity (Wildman–Crippen MR) is 118 cm³/mol. The third-order valence-corrected chi connectivity index (χ3v) is 5.47. The highest BCUT2D eigenvalue weighted by atomic mass is 16.5. The standard InChI is InChI=1S/C23H28N4O3/c1-3-20(29-2)23(28)24-22-21-18(26-12-14-30-15-13-26)10-7-11-19(21)27(25-22)16-17-8-5-4-6-9-17/h4-11,20H,3,12-16H2,1-2H3,(H,24,25,28)/t20-/m1/s1. The molecule has 3 aromatic rings. The third kappa shape index (κ3) is 4.17. The fourth-order valence-electron chi connectivity index (χ4n) is 3.90. The molecule has 4 rings (SSSR count). The normalized spacial score (nSPS) is 15.3. The van der Waals surface area contributed by atoms with Crippen LogP contribution < -0.4 is 10.2 Å². The van der Waals surface area contributed by atoms with Crippen molar-refractivity contribution < 1.29 is 14.3 Å². The number of morpholine rings is 1. The predicted octanol–water partition coefficient (Wildman–Crippen LogP) is 3.28. The van der Waals surface area contributed by atoms with Crippen LogP contribution in [0.15, 0.2) is 48.5 Å². The largest absolute Gasteiger partial charge is 0.378 e. The summed E-state index contributed by atoms with van der Waals surface area (Å²) in [7, 11) is 1.55. The number of ether oxygens (including phenoxy) is 2. The molecule has 0 spiro atoms. The molecule has 0 bridgehead atoms. The minimum absolute atomic E-state index is 0.178. The van der Waals surface area contributed by atoms with Crippen molar-refractivity contribution in [1.82, 2.24) is 9.78 Å². The van der Waals surface area contributed by atoms with E-state index in [1.807, 2.05) is 35.9 Å². The summed E-state index contributed by atoms with van der Waals surface area (Å²) in [5.74, 6) is 0.395. The summed E-state index contributed by atoms with van der Waals surface area (Å²) in [6, 6.07) is 16.4. The molecular weight excluding hydrogens is 380 g/mol. The van der Waals surface area contributed by atoms with Crippen molar-refractivity contribution in [3.8, 4) is 0 Å². The zero-order chi connectivity index (χ0) is 20.9. The number of nitrogens with one attached hydrogen (secondary N) is 1. The first-order chi connectivity index (χ1) is 14.7. The zero-order valence-electron chi connectivity index (χ0n) is 17.5. The van der Waals surface area contributed by atoms with Gasteiger partial charge in [-0.15, -0.1) is 0 Å². The van der Waals surface area contributed by atoms with Gasteiger partial charge < -0.3 is 19.7 Å². The molecule has 30 heavy (non-hydrogen) atoms. The van der Waals surface area contributed by atoms with E-state index in [4.69, 9.17) is 14.6 Å². The van der Waals surface area contributed by atoms with Gasteiger partial charge in [-0.25, -0.2) is 0 Å².